The zero-order chi connectivity index (χ0) is 22.4. The summed E-state index contributed by atoms with van der Waals surface area (Å²) in [6.45, 7) is 3.58. The number of nitrogens with zero attached hydrogens (tertiary/aromatic N) is 2. The number of amides is 2. The van der Waals surface area contributed by atoms with Crippen LogP contribution in [-0.2, 0) is 4.79 Å². The van der Waals surface area contributed by atoms with Gasteiger partial charge < -0.3 is 21.1 Å². The molecular formula is C22H23N5O3S. The van der Waals surface area contributed by atoms with Gasteiger partial charge in [0.1, 0.15) is 11.6 Å². The molecule has 0 aliphatic heterocycles. The maximum absolute atomic E-state index is 12.5. The Morgan fingerprint density at radius 3 is 2.45 bits per heavy atom. The molecule has 0 aliphatic rings. The number of rotatable bonds is 7. The van der Waals surface area contributed by atoms with E-state index in [1.165, 1.54) is 11.8 Å². The molecule has 1 unspecified atom stereocenters. The van der Waals surface area contributed by atoms with E-state index < -0.39 is 5.25 Å². The number of benzene rings is 2. The normalized spacial score (nSPS) is 11.5. The van der Waals surface area contributed by atoms with Gasteiger partial charge in [-0.05, 0) is 50.2 Å². The number of thioether (sulfide) groups is 1. The lowest BCUT2D eigenvalue weighted by Gasteiger charge is -2.12. The Balaban J connectivity index is 1.60. The average Bonchev–Trinajstić information content (AvgIpc) is 2.73. The first-order chi connectivity index (χ1) is 14.9. The van der Waals surface area contributed by atoms with Crippen molar-refractivity contribution in [3.8, 4) is 5.75 Å². The van der Waals surface area contributed by atoms with E-state index in [1.54, 1.807) is 56.5 Å². The molecule has 3 rings (SSSR count). The van der Waals surface area contributed by atoms with Gasteiger partial charge in [-0.3, -0.25) is 9.59 Å². The molecule has 0 saturated carbocycles. The summed E-state index contributed by atoms with van der Waals surface area (Å²) in [5.74, 6) is 0.454. The molecule has 4 N–H and O–H groups in total. The minimum atomic E-state index is -0.435. The van der Waals surface area contributed by atoms with Crippen LogP contribution in [-0.4, -0.2) is 34.1 Å². The minimum Gasteiger partial charge on any atom is -0.495 e. The molecule has 31 heavy (non-hydrogen) atoms. The number of aromatic nitrogens is 2. The Labute approximate surface area is 184 Å². The molecule has 2 amide bonds. The van der Waals surface area contributed by atoms with Gasteiger partial charge in [-0.1, -0.05) is 23.9 Å². The third-order valence-electron chi connectivity index (χ3n) is 4.27. The molecule has 0 aliphatic carbocycles. The summed E-state index contributed by atoms with van der Waals surface area (Å²) in [7, 11) is 1.54. The Morgan fingerprint density at radius 2 is 1.77 bits per heavy atom. The number of anilines is 3. The number of carbonyl (C=O) groups is 2. The van der Waals surface area contributed by atoms with Crippen molar-refractivity contribution in [2.75, 3.05) is 23.5 Å². The predicted molar refractivity (Wildman–Crippen MR) is 123 cm³/mol. The number of nitrogens with two attached hydrogens (primary N) is 1. The fraction of sp³-hybridized carbons (Fsp3) is 0.182. The van der Waals surface area contributed by atoms with Crippen molar-refractivity contribution >= 4 is 40.8 Å². The number of carbonyl (C=O) groups excluding carboxylic acids is 2. The van der Waals surface area contributed by atoms with Gasteiger partial charge in [-0.25, -0.2) is 9.97 Å². The lowest BCUT2D eigenvalue weighted by molar-refractivity contribution is -0.115. The van der Waals surface area contributed by atoms with Gasteiger partial charge in [0.05, 0.1) is 18.0 Å². The molecule has 1 atom stereocenters. The Kier molecular flexibility index (Phi) is 7.09. The van der Waals surface area contributed by atoms with Crippen LogP contribution in [0.25, 0.3) is 0 Å². The molecule has 2 aromatic carbocycles. The molecule has 0 saturated heterocycles. The van der Waals surface area contributed by atoms with E-state index in [0.29, 0.717) is 33.7 Å². The van der Waals surface area contributed by atoms with Gasteiger partial charge >= 0.3 is 0 Å². The second-order valence-corrected chi connectivity index (χ2v) is 8.01. The number of para-hydroxylation sites is 2. The summed E-state index contributed by atoms with van der Waals surface area (Å²) in [5.41, 5.74) is 8.09. The van der Waals surface area contributed by atoms with E-state index in [9.17, 15) is 9.59 Å². The summed E-state index contributed by atoms with van der Waals surface area (Å²) in [6.07, 6.45) is 0. The Morgan fingerprint density at radius 1 is 1.06 bits per heavy atom. The van der Waals surface area contributed by atoms with Crippen LogP contribution < -0.4 is 21.1 Å². The molecule has 1 heterocycles. The second kappa shape index (κ2) is 9.94. The van der Waals surface area contributed by atoms with Crippen molar-refractivity contribution in [3.63, 3.8) is 0 Å². The van der Waals surface area contributed by atoms with Crippen molar-refractivity contribution in [2.24, 2.45) is 0 Å². The third-order valence-corrected chi connectivity index (χ3v) is 5.24. The Bertz CT molecular complexity index is 1070. The summed E-state index contributed by atoms with van der Waals surface area (Å²) in [4.78, 5) is 33.4. The van der Waals surface area contributed by atoms with Crippen LogP contribution in [0.3, 0.4) is 0 Å². The monoisotopic (exact) mass is 437 g/mol. The second-order valence-electron chi connectivity index (χ2n) is 6.70. The summed E-state index contributed by atoms with van der Waals surface area (Å²) < 4.78 is 5.24. The zero-order valence-electron chi connectivity index (χ0n) is 17.4. The molecule has 160 valence electrons. The first-order valence-electron chi connectivity index (χ1n) is 9.49. The standard InChI is InChI=1S/C22H23N5O3S/c1-13-12-19(23)27-22(24-13)31-14(2)20(28)25-16-10-8-15(9-11-16)21(29)26-17-6-4-5-7-18(17)30-3/h4-12,14H,1-3H3,(H,25,28)(H,26,29)(H2,23,24,27). The average molecular weight is 438 g/mol. The maximum atomic E-state index is 12.5. The predicted octanol–water partition coefficient (Wildman–Crippen LogP) is 3.75. The smallest absolute Gasteiger partial charge is 0.255 e. The SMILES string of the molecule is COc1ccccc1NC(=O)c1ccc(NC(=O)C(C)Sc2nc(C)cc(N)n2)cc1. The first kappa shape index (κ1) is 22.1. The van der Waals surface area contributed by atoms with E-state index in [4.69, 9.17) is 10.5 Å². The van der Waals surface area contributed by atoms with Gasteiger partial charge in [0.25, 0.3) is 5.91 Å². The van der Waals surface area contributed by atoms with Gasteiger partial charge in [0.15, 0.2) is 5.16 Å². The van der Waals surface area contributed by atoms with Crippen LogP contribution in [0.15, 0.2) is 59.8 Å². The van der Waals surface area contributed by atoms with Crippen LogP contribution in [0.5, 0.6) is 5.75 Å². The number of nitrogen functional groups attached to an aromatic ring is 1. The van der Waals surface area contributed by atoms with E-state index in [1.807, 2.05) is 19.1 Å². The number of aryl methyl sites for hydroxylation is 1. The Hall–Kier alpha value is -3.59. The number of hydrogen-bond acceptors (Lipinski definition) is 7. The van der Waals surface area contributed by atoms with E-state index >= 15 is 0 Å². The highest BCUT2D eigenvalue weighted by molar-refractivity contribution is 8.00. The highest BCUT2D eigenvalue weighted by atomic mass is 32.2. The molecule has 3 aromatic rings. The fourth-order valence-electron chi connectivity index (χ4n) is 2.72. The lowest BCUT2D eigenvalue weighted by atomic mass is 10.2. The van der Waals surface area contributed by atoms with Crippen molar-refractivity contribution < 1.29 is 14.3 Å². The van der Waals surface area contributed by atoms with Crippen LogP contribution >= 0.6 is 11.8 Å². The van der Waals surface area contributed by atoms with Crippen LogP contribution in [0, 0.1) is 6.92 Å². The van der Waals surface area contributed by atoms with Gasteiger partial charge in [0, 0.05) is 23.0 Å². The van der Waals surface area contributed by atoms with Gasteiger partial charge in [-0.15, -0.1) is 0 Å². The van der Waals surface area contributed by atoms with E-state index in [0.717, 1.165) is 5.69 Å². The zero-order valence-corrected chi connectivity index (χ0v) is 18.2. The van der Waals surface area contributed by atoms with Crippen molar-refractivity contribution in [2.45, 2.75) is 24.3 Å². The van der Waals surface area contributed by atoms with E-state index in [2.05, 4.69) is 20.6 Å². The number of methoxy groups -OCH3 is 1. The third kappa shape index (κ3) is 5.95. The van der Waals surface area contributed by atoms with Crippen molar-refractivity contribution in [1.29, 1.82) is 0 Å². The highest BCUT2D eigenvalue weighted by Gasteiger charge is 2.17. The highest BCUT2D eigenvalue weighted by Crippen LogP contribution is 2.24. The first-order valence-corrected chi connectivity index (χ1v) is 10.4. The molecule has 0 radical (unpaired) electrons. The van der Waals surface area contributed by atoms with Crippen molar-refractivity contribution in [3.05, 3.63) is 65.9 Å². The minimum absolute atomic E-state index is 0.208. The molecule has 1 aromatic heterocycles. The quantitative estimate of drug-likeness (QED) is 0.380. The number of nitrogens with one attached hydrogen (secondary N) is 2. The number of ether oxygens (including phenoxy) is 1. The topological polar surface area (TPSA) is 119 Å². The maximum Gasteiger partial charge on any atom is 0.255 e. The summed E-state index contributed by atoms with van der Waals surface area (Å²) >= 11 is 1.22. The van der Waals surface area contributed by atoms with E-state index in [-0.39, 0.29) is 11.8 Å². The molecule has 0 fully saturated rings. The molecule has 0 bridgehead atoms. The summed E-state index contributed by atoms with van der Waals surface area (Å²) in [6, 6.07) is 15.5. The molecular weight excluding hydrogens is 414 g/mol. The van der Waals surface area contributed by atoms with Gasteiger partial charge in [-0.2, -0.15) is 0 Å². The summed E-state index contributed by atoms with van der Waals surface area (Å²) in [5, 5.41) is 5.65. The molecule has 8 nitrogen and oxygen atoms in total. The van der Waals surface area contributed by atoms with Crippen LogP contribution in [0.1, 0.15) is 23.0 Å². The largest absolute Gasteiger partial charge is 0.495 e. The van der Waals surface area contributed by atoms with Crippen LogP contribution in [0.2, 0.25) is 0 Å². The van der Waals surface area contributed by atoms with Crippen LogP contribution in [0.4, 0.5) is 17.2 Å². The molecule has 0 spiro atoms. The van der Waals surface area contributed by atoms with Crippen molar-refractivity contribution in [1.82, 2.24) is 9.97 Å². The molecule has 9 heteroatoms. The fourth-order valence-corrected chi connectivity index (χ4v) is 3.56. The number of hydrogen-bond donors (Lipinski definition) is 3. The van der Waals surface area contributed by atoms with Gasteiger partial charge in [0.2, 0.25) is 5.91 Å². The lowest BCUT2D eigenvalue weighted by Crippen LogP contribution is -2.23.